The van der Waals surface area contributed by atoms with Gasteiger partial charge in [-0.1, -0.05) is 49.2 Å². The van der Waals surface area contributed by atoms with Crippen LogP contribution >= 0.6 is 0 Å². The number of sulfonamides is 1. The molecule has 2 aromatic heterocycles. The number of piperazine rings is 1. The van der Waals surface area contributed by atoms with Crippen LogP contribution in [0.5, 0.6) is 11.5 Å². The highest BCUT2D eigenvalue weighted by Gasteiger charge is 2.30. The Morgan fingerprint density at radius 3 is 2.44 bits per heavy atom. The number of allylic oxidation sites excluding steroid dienone is 1. The molecule has 0 amide bonds. The Hall–Kier alpha value is -5.61. The molecule has 3 N–H and O–H groups in total. The molecule has 5 aromatic rings. The first kappa shape index (κ1) is 45.4. The Labute approximate surface area is 370 Å². The van der Waals surface area contributed by atoms with Crippen molar-refractivity contribution in [3.05, 3.63) is 117 Å². The zero-order chi connectivity index (χ0) is 44.7. The lowest BCUT2D eigenvalue weighted by molar-refractivity contribution is -0.384. The molecule has 4 heterocycles. The molecule has 0 atom stereocenters. The molecule has 3 aromatic carbocycles. The topological polar surface area (TPSA) is 172 Å². The van der Waals surface area contributed by atoms with Crippen LogP contribution < -0.4 is 19.7 Å². The third-order valence-corrected chi connectivity index (χ3v) is 13.7. The van der Waals surface area contributed by atoms with Gasteiger partial charge in [0.25, 0.3) is 5.69 Å². The number of aromatic amines is 1. The number of carbonyl (C=O) groups is 1. The van der Waals surface area contributed by atoms with Crippen molar-refractivity contribution in [2.45, 2.75) is 64.7 Å². The number of carbonyl (C=O) groups excluding carboxylic acids is 1. The van der Waals surface area contributed by atoms with Crippen molar-refractivity contribution in [3.63, 3.8) is 0 Å². The average Bonchev–Trinajstić information content (AvgIpc) is 3.66. The van der Waals surface area contributed by atoms with E-state index in [0.717, 1.165) is 86.8 Å². The molecule has 2 fully saturated rings. The highest BCUT2D eigenvalue weighted by atomic mass is 32.2. The number of aromatic nitrogens is 2. The van der Waals surface area contributed by atoms with E-state index in [2.05, 4.69) is 74.8 Å². The van der Waals surface area contributed by atoms with Crippen molar-refractivity contribution in [1.82, 2.24) is 19.6 Å². The molecule has 1 aliphatic carbocycles. The number of nitro groups is 1. The van der Waals surface area contributed by atoms with Gasteiger partial charge in [0, 0.05) is 81.4 Å². The SMILES string of the molecule is CNS(=O)(=O)c1ccc(NCC2CCOCC2)c([N+](=O)[O-])c1.Cc1ccc(C2=C(CN3CCN(c4ccc(C=O)c(Oc5cnc6[nH]c(C)cc6c5)c4)CC3)CCC(C)(C)C2)cc1. The van der Waals surface area contributed by atoms with Gasteiger partial charge in [-0.15, -0.1) is 0 Å². The van der Waals surface area contributed by atoms with E-state index >= 15 is 0 Å². The minimum atomic E-state index is -3.71. The summed E-state index contributed by atoms with van der Waals surface area (Å²) in [6, 6.07) is 22.8. The molecule has 0 unspecified atom stereocenters. The molecule has 334 valence electrons. The van der Waals surface area contributed by atoms with Gasteiger partial charge >= 0.3 is 0 Å². The second-order valence-electron chi connectivity index (χ2n) is 17.6. The lowest BCUT2D eigenvalue weighted by Gasteiger charge is -2.39. The van der Waals surface area contributed by atoms with E-state index in [1.54, 1.807) is 17.3 Å². The fourth-order valence-corrected chi connectivity index (χ4v) is 9.27. The number of nitro benzene ring substituents is 1. The molecule has 0 spiro atoms. The molecule has 15 heteroatoms. The van der Waals surface area contributed by atoms with Gasteiger partial charge in [-0.3, -0.25) is 19.8 Å². The summed E-state index contributed by atoms with van der Waals surface area (Å²) in [6.07, 6.45) is 7.94. The van der Waals surface area contributed by atoms with Crippen molar-refractivity contribution in [2.24, 2.45) is 11.3 Å². The van der Waals surface area contributed by atoms with Gasteiger partial charge in [-0.2, -0.15) is 0 Å². The zero-order valence-corrected chi connectivity index (χ0v) is 37.7. The number of hydrogen-bond acceptors (Lipinski definition) is 11. The monoisotopic (exact) mass is 877 g/mol. The van der Waals surface area contributed by atoms with Crippen molar-refractivity contribution in [3.8, 4) is 11.5 Å². The van der Waals surface area contributed by atoms with E-state index in [-0.39, 0.29) is 10.6 Å². The number of rotatable bonds is 13. The van der Waals surface area contributed by atoms with Crippen LogP contribution in [0.1, 0.15) is 73.1 Å². The third kappa shape index (κ3) is 11.5. The molecule has 14 nitrogen and oxygen atoms in total. The van der Waals surface area contributed by atoms with Gasteiger partial charge in [-0.05, 0) is 112 Å². The van der Waals surface area contributed by atoms with Crippen LogP contribution in [0, 0.1) is 35.3 Å². The molecular formula is C48H59N7O7S. The summed E-state index contributed by atoms with van der Waals surface area (Å²) in [6.45, 7) is 15.9. The van der Waals surface area contributed by atoms with Crippen LogP contribution in [0.4, 0.5) is 17.1 Å². The number of aldehydes is 1. The summed E-state index contributed by atoms with van der Waals surface area (Å²) in [7, 11) is -2.44. The normalized spacial score (nSPS) is 17.3. The van der Waals surface area contributed by atoms with Crippen molar-refractivity contribution >= 4 is 50.0 Å². The second kappa shape index (κ2) is 19.8. The van der Waals surface area contributed by atoms with Crippen LogP contribution in [0.25, 0.3) is 16.6 Å². The Bertz CT molecular complexity index is 2560. The first-order chi connectivity index (χ1) is 30.2. The molecule has 63 heavy (non-hydrogen) atoms. The van der Waals surface area contributed by atoms with Crippen LogP contribution in [0.15, 0.2) is 89.5 Å². The standard InChI is InChI=1S/C35H40N4O2.C13H19N3O5S/c1-24-5-7-26(8-6-24)32-20-35(3,4)12-11-27(32)22-38-13-15-39(16-14-38)30-10-9-28(23-40)33(19-30)41-31-18-29-17-25(2)37-34(29)36-21-31;1-14-22(19,20)11-2-3-12(13(8-11)16(17)18)15-9-10-4-6-21-7-5-10/h5-10,17-19,21,23H,11-16,20,22H2,1-4H3,(H,36,37);2-3,8,10,14-15H,4-7,9H2,1H3. The average molecular weight is 878 g/mol. The van der Waals surface area contributed by atoms with Crippen LogP contribution in [-0.2, 0) is 14.8 Å². The first-order valence-corrected chi connectivity index (χ1v) is 23.2. The maximum atomic E-state index is 11.8. The molecule has 0 saturated carbocycles. The van der Waals surface area contributed by atoms with E-state index < -0.39 is 14.9 Å². The minimum absolute atomic E-state index is 0.127. The number of aryl methyl sites for hydroxylation is 2. The number of nitrogens with one attached hydrogen (secondary N) is 3. The van der Waals surface area contributed by atoms with Crippen molar-refractivity contribution in [2.75, 3.05) is 69.7 Å². The molecule has 8 rings (SSSR count). The molecule has 0 radical (unpaired) electrons. The number of ether oxygens (including phenoxy) is 2. The largest absolute Gasteiger partial charge is 0.455 e. The van der Waals surface area contributed by atoms with E-state index in [4.69, 9.17) is 9.47 Å². The van der Waals surface area contributed by atoms with E-state index in [0.29, 0.717) is 53.8 Å². The smallest absolute Gasteiger partial charge is 0.293 e. The fourth-order valence-electron chi connectivity index (χ4n) is 8.52. The maximum absolute atomic E-state index is 11.8. The van der Waals surface area contributed by atoms with Gasteiger partial charge in [0.1, 0.15) is 22.8 Å². The number of benzene rings is 3. The number of nitrogens with zero attached hydrogens (tertiary/aromatic N) is 4. The summed E-state index contributed by atoms with van der Waals surface area (Å²) in [4.78, 5) is 35.0. The summed E-state index contributed by atoms with van der Waals surface area (Å²) < 4.78 is 37.1. The predicted molar refractivity (Wildman–Crippen MR) is 248 cm³/mol. The van der Waals surface area contributed by atoms with Gasteiger partial charge in [0.05, 0.1) is 21.6 Å². The number of hydrogen-bond donors (Lipinski definition) is 3. The molecule has 2 saturated heterocycles. The van der Waals surface area contributed by atoms with Gasteiger partial charge < -0.3 is 24.7 Å². The first-order valence-electron chi connectivity index (χ1n) is 21.7. The number of H-pyrrole nitrogens is 1. The number of pyridine rings is 1. The van der Waals surface area contributed by atoms with Crippen molar-refractivity contribution < 1.29 is 27.6 Å². The van der Waals surface area contributed by atoms with E-state index in [1.165, 1.54) is 43.1 Å². The summed E-state index contributed by atoms with van der Waals surface area (Å²) in [5.41, 5.74) is 9.78. The lowest BCUT2D eigenvalue weighted by Crippen LogP contribution is -2.47. The highest BCUT2D eigenvalue weighted by Crippen LogP contribution is 2.43. The molecule has 3 aliphatic rings. The quantitative estimate of drug-likeness (QED) is 0.0586. The molecular weight excluding hydrogens is 819 g/mol. The predicted octanol–water partition coefficient (Wildman–Crippen LogP) is 8.91. The number of anilines is 2. The Morgan fingerprint density at radius 1 is 1.00 bits per heavy atom. The third-order valence-electron chi connectivity index (χ3n) is 12.3. The van der Waals surface area contributed by atoms with Crippen molar-refractivity contribution in [1.29, 1.82) is 0 Å². The Balaban J connectivity index is 0.000000229. The molecule has 0 bridgehead atoms. The van der Waals surface area contributed by atoms with E-state index in [1.807, 2.05) is 37.3 Å². The highest BCUT2D eigenvalue weighted by molar-refractivity contribution is 7.89. The maximum Gasteiger partial charge on any atom is 0.293 e. The molecule has 2 aliphatic heterocycles. The Kier molecular flexibility index (Phi) is 14.3. The van der Waals surface area contributed by atoms with Crippen LogP contribution in [-0.4, -0.2) is 94.0 Å². The van der Waals surface area contributed by atoms with Gasteiger partial charge in [0.2, 0.25) is 10.0 Å². The minimum Gasteiger partial charge on any atom is -0.455 e. The van der Waals surface area contributed by atoms with Crippen LogP contribution in [0.3, 0.4) is 0 Å². The second-order valence-corrected chi connectivity index (χ2v) is 19.5. The summed E-state index contributed by atoms with van der Waals surface area (Å²) in [5, 5.41) is 15.2. The fraction of sp³-hybridized carbons (Fsp3) is 0.417. The van der Waals surface area contributed by atoms with Gasteiger partial charge in [0.15, 0.2) is 6.29 Å². The Morgan fingerprint density at radius 2 is 1.75 bits per heavy atom. The number of fused-ring (bicyclic) bond motifs is 1. The summed E-state index contributed by atoms with van der Waals surface area (Å²) >= 11 is 0. The van der Waals surface area contributed by atoms with Gasteiger partial charge in [-0.25, -0.2) is 18.1 Å². The summed E-state index contributed by atoms with van der Waals surface area (Å²) in [5.74, 6) is 1.58. The van der Waals surface area contributed by atoms with E-state index in [9.17, 15) is 23.3 Å². The van der Waals surface area contributed by atoms with Crippen LogP contribution in [0.2, 0.25) is 0 Å². The lowest BCUT2D eigenvalue weighted by atomic mass is 9.72. The zero-order valence-electron chi connectivity index (χ0n) is 36.9.